The van der Waals surface area contributed by atoms with Crippen LogP contribution in [-0.4, -0.2) is 105 Å². The molecule has 0 radical (unpaired) electrons. The first-order chi connectivity index (χ1) is 31.0. The number of benzene rings is 2. The van der Waals surface area contributed by atoms with E-state index in [-0.39, 0.29) is 35.6 Å². The third-order valence-electron chi connectivity index (χ3n) is 12.8. The summed E-state index contributed by atoms with van der Waals surface area (Å²) in [7, 11) is 0. The number of nitrogens with zero attached hydrogens (tertiary/aromatic N) is 6. The highest BCUT2D eigenvalue weighted by atomic mass is 16.3. The molecule has 4 aromatic rings. The average Bonchev–Trinajstić information content (AvgIpc) is 3.83. The maximum absolute atomic E-state index is 13.2. The summed E-state index contributed by atoms with van der Waals surface area (Å²) in [5.74, 6) is 0.303. The van der Waals surface area contributed by atoms with Crippen molar-refractivity contribution in [2.75, 3.05) is 54.8 Å². The molecule has 1 aliphatic carbocycles. The number of carbonyl (C=O) groups is 5. The van der Waals surface area contributed by atoms with Gasteiger partial charge in [-0.15, -0.1) is 6.58 Å². The van der Waals surface area contributed by atoms with Gasteiger partial charge in [-0.25, -0.2) is 15.0 Å². The quantitative estimate of drug-likeness (QED) is 0.0564. The molecule has 0 spiro atoms. The van der Waals surface area contributed by atoms with Gasteiger partial charge in [-0.05, 0) is 86.4 Å². The third kappa shape index (κ3) is 9.61. The van der Waals surface area contributed by atoms with E-state index < -0.39 is 17.6 Å². The lowest BCUT2D eigenvalue weighted by atomic mass is 9.98. The summed E-state index contributed by atoms with van der Waals surface area (Å²) in [6.45, 7) is 9.69. The lowest BCUT2D eigenvalue weighted by molar-refractivity contribution is -0.137. The first-order valence-corrected chi connectivity index (χ1v) is 22.4. The molecule has 8 rings (SSSR count). The largest absolute Gasteiger partial charge is 0.385 e. The summed E-state index contributed by atoms with van der Waals surface area (Å²) in [6, 6.07) is 17.1. The number of nitrogens with one attached hydrogen (secondary N) is 4. The fourth-order valence-electron chi connectivity index (χ4n) is 9.03. The number of hydrogen-bond acceptors (Lipinski definition) is 12. The van der Waals surface area contributed by atoms with E-state index in [2.05, 4.69) is 62.0 Å². The molecule has 2 atom stereocenters. The molecule has 0 bridgehead atoms. The second-order valence-electron chi connectivity index (χ2n) is 16.9. The summed E-state index contributed by atoms with van der Waals surface area (Å²) in [5, 5.41) is 23.0. The van der Waals surface area contributed by atoms with Gasteiger partial charge in [0, 0.05) is 93.8 Å². The number of pyridine rings is 1. The number of rotatable bonds is 17. The molecular formula is C48H56N10O6. The predicted molar refractivity (Wildman–Crippen MR) is 242 cm³/mol. The number of imide groups is 1. The number of aryl methyl sites for hydroxylation is 3. The van der Waals surface area contributed by atoms with Gasteiger partial charge in [0.25, 0.3) is 11.8 Å². The summed E-state index contributed by atoms with van der Waals surface area (Å²) in [6.07, 6.45) is 8.87. The fourth-order valence-corrected chi connectivity index (χ4v) is 9.03. The number of aromatic nitrogens is 3. The molecule has 16 nitrogen and oxygen atoms in total. The Morgan fingerprint density at radius 2 is 1.80 bits per heavy atom. The molecule has 5 amide bonds. The molecule has 2 saturated heterocycles. The van der Waals surface area contributed by atoms with Crippen molar-refractivity contribution < 1.29 is 29.1 Å². The molecule has 0 saturated carbocycles. The van der Waals surface area contributed by atoms with Crippen molar-refractivity contribution >= 4 is 52.5 Å². The maximum Gasteiger partial charge on any atom is 0.256 e. The van der Waals surface area contributed by atoms with Crippen LogP contribution in [0.5, 0.6) is 0 Å². The van der Waals surface area contributed by atoms with Crippen molar-refractivity contribution in [3.63, 3.8) is 0 Å². The average molecular weight is 869 g/mol. The van der Waals surface area contributed by atoms with Gasteiger partial charge in [-0.2, -0.15) is 0 Å². The van der Waals surface area contributed by atoms with Crippen LogP contribution >= 0.6 is 0 Å². The van der Waals surface area contributed by atoms with Crippen LogP contribution in [0.25, 0.3) is 0 Å². The van der Waals surface area contributed by atoms with E-state index in [1.165, 1.54) is 6.20 Å². The van der Waals surface area contributed by atoms with E-state index in [4.69, 9.17) is 9.97 Å². The highest BCUT2D eigenvalue weighted by Gasteiger charge is 2.40. The molecule has 64 heavy (non-hydrogen) atoms. The zero-order valence-corrected chi connectivity index (χ0v) is 36.3. The SMILES string of the molecule is C=CCNC(=O)c1cnc(CCc2ccc(N3CCN(C(=O)CCCCNc4cccc5c4CN(C4CCC(=O)NC4=O)C5=O)CC3)cc2)nc1Nc1ccc2c(n1)[C@@](O)(CC)CC2. The minimum atomic E-state index is -0.968. The lowest BCUT2D eigenvalue weighted by Crippen LogP contribution is -2.52. The number of fused-ring (bicyclic) bond motifs is 2. The molecule has 5 heterocycles. The number of aliphatic hydroxyl groups is 1. The van der Waals surface area contributed by atoms with Gasteiger partial charge < -0.3 is 35.8 Å². The maximum atomic E-state index is 13.2. The number of unbranched alkanes of at least 4 members (excludes halogenated alkanes) is 1. The minimum Gasteiger partial charge on any atom is -0.385 e. The van der Waals surface area contributed by atoms with E-state index in [0.29, 0.717) is 100.0 Å². The third-order valence-corrected chi connectivity index (χ3v) is 12.8. The van der Waals surface area contributed by atoms with E-state index in [9.17, 15) is 29.1 Å². The predicted octanol–water partition coefficient (Wildman–Crippen LogP) is 4.55. The molecule has 2 aromatic heterocycles. The van der Waals surface area contributed by atoms with Gasteiger partial charge in [0.15, 0.2) is 0 Å². The Kier molecular flexibility index (Phi) is 13.3. The molecule has 2 aromatic carbocycles. The molecule has 16 heteroatoms. The molecular weight excluding hydrogens is 813 g/mol. The van der Waals surface area contributed by atoms with E-state index in [0.717, 1.165) is 60.4 Å². The molecule has 4 aliphatic rings. The Balaban J connectivity index is 0.785. The van der Waals surface area contributed by atoms with Crippen molar-refractivity contribution in [2.24, 2.45) is 0 Å². The number of hydrogen-bond donors (Lipinski definition) is 5. The highest BCUT2D eigenvalue weighted by Crippen LogP contribution is 2.39. The monoisotopic (exact) mass is 868 g/mol. The van der Waals surface area contributed by atoms with Crippen LogP contribution in [0.3, 0.4) is 0 Å². The lowest BCUT2D eigenvalue weighted by Gasteiger charge is -2.36. The zero-order chi connectivity index (χ0) is 44.8. The summed E-state index contributed by atoms with van der Waals surface area (Å²) >= 11 is 0. The van der Waals surface area contributed by atoms with Gasteiger partial charge in [0.1, 0.15) is 34.7 Å². The van der Waals surface area contributed by atoms with Crippen molar-refractivity contribution in [2.45, 2.75) is 89.3 Å². The van der Waals surface area contributed by atoms with Crippen LogP contribution in [0.1, 0.15) is 101 Å². The summed E-state index contributed by atoms with van der Waals surface area (Å²) in [4.78, 5) is 83.3. The molecule has 5 N–H and O–H groups in total. The Bertz CT molecular complexity index is 2430. The Morgan fingerprint density at radius 3 is 2.56 bits per heavy atom. The van der Waals surface area contributed by atoms with Crippen LogP contribution in [0.4, 0.5) is 23.0 Å². The molecule has 334 valence electrons. The van der Waals surface area contributed by atoms with Crippen molar-refractivity contribution in [3.8, 4) is 0 Å². The Morgan fingerprint density at radius 1 is 0.984 bits per heavy atom. The smallest absolute Gasteiger partial charge is 0.256 e. The Labute approximate surface area is 372 Å². The van der Waals surface area contributed by atoms with Gasteiger partial charge in [-0.1, -0.05) is 37.3 Å². The number of piperazine rings is 1. The summed E-state index contributed by atoms with van der Waals surface area (Å²) in [5.41, 5.74) is 5.50. The first kappa shape index (κ1) is 43.9. The van der Waals surface area contributed by atoms with Crippen LogP contribution in [0.15, 0.2) is 73.4 Å². The fraction of sp³-hybridized carbons (Fsp3) is 0.417. The topological polar surface area (TPSA) is 202 Å². The van der Waals surface area contributed by atoms with E-state index in [1.807, 2.05) is 36.1 Å². The highest BCUT2D eigenvalue weighted by molar-refractivity contribution is 6.06. The first-order valence-electron chi connectivity index (χ1n) is 22.4. The molecule has 2 fully saturated rings. The second-order valence-corrected chi connectivity index (χ2v) is 16.9. The Hall–Kier alpha value is -6.68. The van der Waals surface area contributed by atoms with Gasteiger partial charge in [-0.3, -0.25) is 29.3 Å². The summed E-state index contributed by atoms with van der Waals surface area (Å²) < 4.78 is 0. The van der Waals surface area contributed by atoms with Gasteiger partial charge >= 0.3 is 0 Å². The normalized spacial score (nSPS) is 19.2. The molecule has 3 aliphatic heterocycles. The van der Waals surface area contributed by atoms with Crippen LogP contribution < -0.4 is 26.2 Å². The van der Waals surface area contributed by atoms with Crippen LogP contribution in [0, 0.1) is 0 Å². The van der Waals surface area contributed by atoms with Crippen molar-refractivity contribution in [3.05, 3.63) is 113 Å². The minimum absolute atomic E-state index is 0.152. The standard InChI is InChI=1S/C48H56N10O6/c1-3-23-50-45(61)35-29-51-39(53-44(35)54-40-19-14-32-21-22-48(64,4-2)43(32)52-40)18-13-31-11-15-33(16-12-31)56-25-27-57(28-26-56)42(60)10-5-6-24-49-37-9-7-8-34-36(37)30-58(47(34)63)38-17-20-41(59)55-46(38)62/h3,7-9,11-12,14-16,19,29,38,49,64H,1,4-6,10,13,17-18,20-28,30H2,2H3,(H,50,61)(H,55,59,62)(H,51,52,53,54)/t38?,48-/m1/s1. The van der Waals surface area contributed by atoms with Gasteiger partial charge in [0.05, 0.1) is 5.69 Å². The van der Waals surface area contributed by atoms with Crippen molar-refractivity contribution in [1.29, 1.82) is 0 Å². The van der Waals surface area contributed by atoms with Crippen LogP contribution in [-0.2, 0) is 45.8 Å². The van der Waals surface area contributed by atoms with Crippen molar-refractivity contribution in [1.82, 2.24) is 35.4 Å². The van der Waals surface area contributed by atoms with E-state index >= 15 is 0 Å². The zero-order valence-electron chi connectivity index (χ0n) is 36.3. The van der Waals surface area contributed by atoms with E-state index in [1.54, 1.807) is 17.0 Å². The number of amides is 5. The number of piperidine rings is 1. The van der Waals surface area contributed by atoms with Gasteiger partial charge in [0.2, 0.25) is 17.7 Å². The van der Waals surface area contributed by atoms with Crippen LogP contribution in [0.2, 0.25) is 0 Å². The second kappa shape index (κ2) is 19.4. The molecule has 1 unspecified atom stereocenters. The number of anilines is 4. The number of carbonyl (C=O) groups excluding carboxylic acids is 5.